The van der Waals surface area contributed by atoms with Crippen molar-refractivity contribution in [3.05, 3.63) is 12.2 Å². The van der Waals surface area contributed by atoms with Crippen molar-refractivity contribution in [3.63, 3.8) is 0 Å². The summed E-state index contributed by atoms with van der Waals surface area (Å²) in [6.45, 7) is 19.5. The lowest BCUT2D eigenvalue weighted by Crippen LogP contribution is -2.66. The molecule has 0 saturated heterocycles. The molecule has 0 heterocycles. The third-order valence-corrected chi connectivity index (χ3v) is 13.3. The summed E-state index contributed by atoms with van der Waals surface area (Å²) in [4.78, 5) is 12.9. The molecule has 0 bridgehead atoms. The van der Waals surface area contributed by atoms with E-state index >= 15 is 0 Å². The van der Waals surface area contributed by atoms with Gasteiger partial charge in [0.2, 0.25) is 0 Å². The summed E-state index contributed by atoms with van der Waals surface area (Å²) in [5, 5.41) is 9.97. The highest BCUT2D eigenvalue weighted by atomic mass is 16.3. The van der Waals surface area contributed by atoms with Crippen LogP contribution in [-0.4, -0.2) is 17.5 Å². The first-order valence-electron chi connectivity index (χ1n) is 13.7. The third-order valence-electron chi connectivity index (χ3n) is 13.3. The Hall–Kier alpha value is -0.630. The summed E-state index contributed by atoms with van der Waals surface area (Å²) in [5.41, 5.74) is 2.37. The summed E-state index contributed by atoms with van der Waals surface area (Å²) >= 11 is 0. The van der Waals surface area contributed by atoms with Gasteiger partial charge in [0.25, 0.3) is 0 Å². The van der Waals surface area contributed by atoms with E-state index in [9.17, 15) is 9.90 Å². The molecule has 0 aromatic rings. The molecule has 5 aliphatic rings. The van der Waals surface area contributed by atoms with E-state index in [1.165, 1.54) is 51.4 Å². The Morgan fingerprint density at radius 2 is 1.59 bits per heavy atom. The van der Waals surface area contributed by atoms with Crippen LogP contribution in [0, 0.1) is 56.7 Å². The van der Waals surface area contributed by atoms with Crippen molar-refractivity contribution in [1.82, 2.24) is 0 Å². The second-order valence-electron chi connectivity index (χ2n) is 14.5. The first-order valence-corrected chi connectivity index (χ1v) is 13.7. The van der Waals surface area contributed by atoms with Crippen LogP contribution >= 0.6 is 0 Å². The van der Waals surface area contributed by atoms with Gasteiger partial charge in [0.15, 0.2) is 0 Å². The second kappa shape index (κ2) is 6.96. The zero-order valence-electron chi connectivity index (χ0n) is 21.7. The highest BCUT2D eigenvalue weighted by molar-refractivity contribution is 5.85. The molecule has 180 valence electrons. The van der Waals surface area contributed by atoms with Gasteiger partial charge < -0.3 is 5.11 Å². The number of ketones is 1. The van der Waals surface area contributed by atoms with E-state index in [1.54, 1.807) is 0 Å². The number of hydrogen-bond donors (Lipinski definition) is 1. The van der Waals surface area contributed by atoms with Crippen molar-refractivity contribution in [3.8, 4) is 0 Å². The molecule has 1 unspecified atom stereocenters. The quantitative estimate of drug-likeness (QED) is 0.461. The maximum atomic E-state index is 12.9. The van der Waals surface area contributed by atoms with Crippen LogP contribution in [0.5, 0.6) is 0 Å². The van der Waals surface area contributed by atoms with Gasteiger partial charge in [0.1, 0.15) is 5.78 Å². The van der Waals surface area contributed by atoms with Crippen LogP contribution < -0.4 is 0 Å². The third kappa shape index (κ3) is 2.65. The summed E-state index contributed by atoms with van der Waals surface area (Å²) < 4.78 is 0. The first kappa shape index (κ1) is 23.1. The first-order chi connectivity index (χ1) is 14.8. The molecular formula is C30H48O2. The molecule has 0 amide bonds. The molecule has 0 spiro atoms. The topological polar surface area (TPSA) is 37.3 Å². The largest absolute Gasteiger partial charge is 0.392 e. The van der Waals surface area contributed by atoms with Crippen molar-refractivity contribution >= 4 is 5.78 Å². The molecule has 5 aliphatic carbocycles. The number of aliphatic hydroxyl groups is 1. The predicted molar refractivity (Wildman–Crippen MR) is 131 cm³/mol. The van der Waals surface area contributed by atoms with E-state index in [1.807, 2.05) is 0 Å². The Labute approximate surface area is 197 Å². The van der Waals surface area contributed by atoms with E-state index in [4.69, 9.17) is 0 Å². The normalized spacial score (nSPS) is 54.2. The van der Waals surface area contributed by atoms with Crippen molar-refractivity contribution in [2.45, 2.75) is 106 Å². The monoisotopic (exact) mass is 440 g/mol. The number of aliphatic hydroxyl groups excluding tert-OH is 1. The van der Waals surface area contributed by atoms with Gasteiger partial charge in [0, 0.05) is 11.8 Å². The molecule has 5 saturated carbocycles. The smallest absolute Gasteiger partial charge is 0.138 e. The van der Waals surface area contributed by atoms with Crippen molar-refractivity contribution in [2.24, 2.45) is 56.7 Å². The van der Waals surface area contributed by atoms with Gasteiger partial charge >= 0.3 is 0 Å². The highest BCUT2D eigenvalue weighted by Crippen LogP contribution is 2.77. The lowest BCUT2D eigenvalue weighted by atomic mass is 9.32. The average Bonchev–Trinajstić information content (AvgIpc) is 3.09. The van der Waals surface area contributed by atoms with Crippen LogP contribution in [-0.2, 0) is 4.79 Å². The molecular weight excluding hydrogens is 392 g/mol. The van der Waals surface area contributed by atoms with E-state index in [0.717, 1.165) is 30.3 Å². The fourth-order valence-electron chi connectivity index (χ4n) is 11.3. The van der Waals surface area contributed by atoms with Crippen molar-refractivity contribution in [1.29, 1.82) is 0 Å². The fourth-order valence-corrected chi connectivity index (χ4v) is 11.3. The number of hydrogen-bond acceptors (Lipinski definition) is 2. The van der Waals surface area contributed by atoms with Crippen molar-refractivity contribution < 1.29 is 9.90 Å². The number of Topliss-reactive ketones (excluding diaryl/α,β-unsaturated/α-hetero) is 1. The number of fused-ring (bicyclic) bond motifs is 7. The minimum absolute atomic E-state index is 0.156. The molecule has 1 N–H and O–H groups in total. The minimum Gasteiger partial charge on any atom is -0.392 e. The molecule has 0 aliphatic heterocycles. The van der Waals surface area contributed by atoms with Gasteiger partial charge in [-0.05, 0) is 115 Å². The van der Waals surface area contributed by atoms with Crippen molar-refractivity contribution in [2.75, 3.05) is 6.61 Å². The highest BCUT2D eigenvalue weighted by Gasteiger charge is 2.70. The van der Waals surface area contributed by atoms with E-state index in [-0.39, 0.29) is 12.0 Å². The molecule has 5 fully saturated rings. The standard InChI is InChI=1S/C30H48O2/c1-19(18-31)20-10-13-27(4)16-17-29(6)21(25(20)27)8-9-23-28(5)14-12-24(32)26(2,3)22(28)11-15-30(23,29)7/h20-23,25,31H,1,8-18H2,2-7H3/t20-,21+,22-,23+,25?,27+,28-,29+,30+/m0/s1. The zero-order chi connectivity index (χ0) is 23.3. The van der Waals surface area contributed by atoms with Gasteiger partial charge in [-0.1, -0.05) is 48.1 Å². The minimum atomic E-state index is -0.160. The lowest BCUT2D eigenvalue weighted by molar-refractivity contribution is -0.232. The number of carbonyl (C=O) groups excluding carboxylic acids is 1. The van der Waals surface area contributed by atoms with Crippen LogP contribution in [0.15, 0.2) is 12.2 Å². The summed E-state index contributed by atoms with van der Waals surface area (Å²) in [5.74, 6) is 3.72. The Morgan fingerprint density at radius 1 is 0.875 bits per heavy atom. The summed E-state index contributed by atoms with van der Waals surface area (Å²) in [6, 6.07) is 0. The molecule has 32 heavy (non-hydrogen) atoms. The molecule has 0 radical (unpaired) electrons. The summed E-state index contributed by atoms with van der Waals surface area (Å²) in [6.07, 6.45) is 12.3. The van der Waals surface area contributed by atoms with Crippen LogP contribution in [0.2, 0.25) is 0 Å². The fraction of sp³-hybridized carbons (Fsp3) is 0.900. The lowest BCUT2D eigenvalue weighted by Gasteiger charge is -2.72. The molecule has 0 aromatic carbocycles. The van der Waals surface area contributed by atoms with Gasteiger partial charge in [0.05, 0.1) is 6.61 Å². The van der Waals surface area contributed by atoms with Gasteiger partial charge in [-0.2, -0.15) is 0 Å². The molecule has 2 nitrogen and oxygen atoms in total. The van der Waals surface area contributed by atoms with E-state index < -0.39 is 0 Å². The van der Waals surface area contributed by atoms with Gasteiger partial charge in [-0.3, -0.25) is 4.79 Å². The second-order valence-corrected chi connectivity index (χ2v) is 14.5. The number of rotatable bonds is 2. The maximum Gasteiger partial charge on any atom is 0.138 e. The Kier molecular flexibility index (Phi) is 5.03. The summed E-state index contributed by atoms with van der Waals surface area (Å²) in [7, 11) is 0. The predicted octanol–water partition coefficient (Wildman–Crippen LogP) is 7.21. The molecule has 9 atom stereocenters. The Balaban J connectivity index is 1.54. The van der Waals surface area contributed by atoms with Crippen LogP contribution in [0.25, 0.3) is 0 Å². The number of carbonyl (C=O) groups is 1. The molecule has 5 rings (SSSR count). The van der Waals surface area contributed by atoms with Crippen LogP contribution in [0.3, 0.4) is 0 Å². The average molecular weight is 441 g/mol. The van der Waals surface area contributed by atoms with E-state index in [0.29, 0.717) is 45.2 Å². The zero-order valence-corrected chi connectivity index (χ0v) is 21.7. The van der Waals surface area contributed by atoms with E-state index in [2.05, 4.69) is 48.1 Å². The Bertz CT molecular complexity index is 827. The van der Waals surface area contributed by atoms with Gasteiger partial charge in [-0.15, -0.1) is 0 Å². The molecule has 0 aromatic heterocycles. The van der Waals surface area contributed by atoms with Crippen LogP contribution in [0.1, 0.15) is 106 Å². The Morgan fingerprint density at radius 3 is 2.28 bits per heavy atom. The van der Waals surface area contributed by atoms with Crippen LogP contribution in [0.4, 0.5) is 0 Å². The SMILES string of the molecule is C=C(CO)[C@@H]1CC[C@]2(C)CC[C@]3(C)[C@H](CC[C@@H]4[C@@]5(C)CCC(=O)C(C)(C)[C@@H]5CC[C@]43C)C12. The van der Waals surface area contributed by atoms with Gasteiger partial charge in [-0.25, -0.2) is 0 Å². The molecule has 2 heteroatoms. The maximum absolute atomic E-state index is 12.9.